The Kier molecular flexibility index (Phi) is 3.75. The maximum atomic E-state index is 3.34. The molecule has 0 heterocycles. The quantitative estimate of drug-likeness (QED) is 0.561. The Morgan fingerprint density at radius 2 is 2.07 bits per heavy atom. The Hall–Kier alpha value is -0.860. The molecule has 1 aliphatic carbocycles. The van der Waals surface area contributed by atoms with E-state index < -0.39 is 0 Å². The molecule has 15 heavy (non-hydrogen) atoms. The number of rotatable bonds is 5. The van der Waals surface area contributed by atoms with Gasteiger partial charge in [0.05, 0.1) is 0 Å². The first-order valence-corrected chi connectivity index (χ1v) is 5.86. The van der Waals surface area contributed by atoms with Crippen molar-refractivity contribution in [3.8, 4) is 0 Å². The Morgan fingerprint density at radius 1 is 1.20 bits per heavy atom. The summed E-state index contributed by atoms with van der Waals surface area (Å²) in [6.07, 6.45) is 5.05. The van der Waals surface area contributed by atoms with Gasteiger partial charge in [-0.3, -0.25) is 0 Å². The van der Waals surface area contributed by atoms with E-state index in [-0.39, 0.29) is 0 Å². The van der Waals surface area contributed by atoms with Crippen LogP contribution in [0.1, 0.15) is 23.1 Å². The monoisotopic (exact) mass is 204 g/mol. The van der Waals surface area contributed by atoms with E-state index in [0.29, 0.717) is 0 Å². The minimum Gasteiger partial charge on any atom is -0.308 e. The summed E-state index contributed by atoms with van der Waals surface area (Å²) in [5.41, 5.74) is 4.63. The van der Waals surface area contributed by atoms with Crippen molar-refractivity contribution in [3.63, 3.8) is 0 Å². The number of fused-ring (bicyclic) bond motifs is 1. The van der Waals surface area contributed by atoms with Crippen molar-refractivity contribution >= 4 is 0 Å². The first-order valence-electron chi connectivity index (χ1n) is 5.86. The summed E-state index contributed by atoms with van der Waals surface area (Å²) in [7, 11) is 1.96. The van der Waals surface area contributed by atoms with Crippen LogP contribution >= 0.6 is 0 Å². The molecule has 0 amide bonds. The highest BCUT2D eigenvalue weighted by Gasteiger charge is 2.10. The number of benzene rings is 1. The number of hydrogen-bond acceptors (Lipinski definition) is 2. The van der Waals surface area contributed by atoms with Crippen molar-refractivity contribution in [2.45, 2.75) is 25.7 Å². The average Bonchev–Trinajstić information content (AvgIpc) is 2.71. The highest BCUT2D eigenvalue weighted by molar-refractivity contribution is 5.35. The molecule has 1 aromatic carbocycles. The summed E-state index contributed by atoms with van der Waals surface area (Å²) in [6, 6.07) is 6.99. The zero-order valence-corrected chi connectivity index (χ0v) is 9.47. The van der Waals surface area contributed by atoms with E-state index in [0.717, 1.165) is 19.6 Å². The number of nitrogens with one attached hydrogen (secondary N) is 2. The predicted molar refractivity (Wildman–Crippen MR) is 64.1 cm³/mol. The van der Waals surface area contributed by atoms with Crippen LogP contribution in [0.5, 0.6) is 0 Å². The van der Waals surface area contributed by atoms with Crippen LogP contribution in [-0.4, -0.2) is 20.3 Å². The second-order valence-electron chi connectivity index (χ2n) is 4.24. The Morgan fingerprint density at radius 3 is 2.93 bits per heavy atom. The lowest BCUT2D eigenvalue weighted by Gasteiger charge is -2.06. The van der Waals surface area contributed by atoms with Crippen LogP contribution in [0, 0.1) is 0 Å². The summed E-state index contributed by atoms with van der Waals surface area (Å²) >= 11 is 0. The molecule has 0 unspecified atom stereocenters. The normalized spacial score (nSPS) is 14.2. The average molecular weight is 204 g/mol. The van der Waals surface area contributed by atoms with Crippen LogP contribution in [-0.2, 0) is 19.3 Å². The standard InChI is InChI=1S/C13H20N2/c1-14-10-15-8-7-11-5-6-12-3-2-4-13(12)9-11/h5-6,9,14-15H,2-4,7-8,10H2,1H3. The molecule has 0 bridgehead atoms. The summed E-state index contributed by atoms with van der Waals surface area (Å²) in [6.45, 7) is 1.95. The zero-order chi connectivity index (χ0) is 10.5. The van der Waals surface area contributed by atoms with Gasteiger partial charge in [0.15, 0.2) is 0 Å². The molecule has 0 spiro atoms. The van der Waals surface area contributed by atoms with Crippen molar-refractivity contribution < 1.29 is 0 Å². The molecule has 2 nitrogen and oxygen atoms in total. The third-order valence-corrected chi connectivity index (χ3v) is 3.06. The second-order valence-corrected chi connectivity index (χ2v) is 4.24. The maximum absolute atomic E-state index is 3.34. The first kappa shape index (κ1) is 10.7. The van der Waals surface area contributed by atoms with Gasteiger partial charge in [-0.05, 0) is 49.4 Å². The summed E-state index contributed by atoms with van der Waals surface area (Å²) < 4.78 is 0. The number of aryl methyl sites for hydroxylation is 2. The van der Waals surface area contributed by atoms with Gasteiger partial charge in [0.1, 0.15) is 0 Å². The summed E-state index contributed by atoms with van der Waals surface area (Å²) in [5.74, 6) is 0. The van der Waals surface area contributed by atoms with Crippen LogP contribution in [0.3, 0.4) is 0 Å². The van der Waals surface area contributed by atoms with Crippen LogP contribution < -0.4 is 10.6 Å². The van der Waals surface area contributed by atoms with Crippen molar-refractivity contribution in [1.29, 1.82) is 0 Å². The predicted octanol–water partition coefficient (Wildman–Crippen LogP) is 1.48. The van der Waals surface area contributed by atoms with Gasteiger partial charge in [0.2, 0.25) is 0 Å². The Bertz CT molecular complexity index is 320. The van der Waals surface area contributed by atoms with E-state index in [1.165, 1.54) is 24.8 Å². The van der Waals surface area contributed by atoms with E-state index in [9.17, 15) is 0 Å². The highest BCUT2D eigenvalue weighted by atomic mass is 15.0. The molecule has 0 saturated carbocycles. The van der Waals surface area contributed by atoms with Crippen molar-refractivity contribution in [2.75, 3.05) is 20.3 Å². The Balaban J connectivity index is 1.87. The molecule has 0 saturated heterocycles. The second kappa shape index (κ2) is 5.29. The molecule has 82 valence electrons. The molecular formula is C13H20N2. The van der Waals surface area contributed by atoms with Crippen LogP contribution in [0.15, 0.2) is 18.2 Å². The molecule has 0 aliphatic heterocycles. The maximum Gasteiger partial charge on any atom is 0.0451 e. The molecule has 1 aromatic rings. The zero-order valence-electron chi connectivity index (χ0n) is 9.47. The van der Waals surface area contributed by atoms with E-state index in [1.807, 2.05) is 7.05 Å². The fourth-order valence-corrected chi connectivity index (χ4v) is 2.23. The largest absolute Gasteiger partial charge is 0.308 e. The van der Waals surface area contributed by atoms with Gasteiger partial charge in [-0.1, -0.05) is 18.2 Å². The molecule has 2 N–H and O–H groups in total. The van der Waals surface area contributed by atoms with Crippen molar-refractivity contribution in [3.05, 3.63) is 34.9 Å². The highest BCUT2D eigenvalue weighted by Crippen LogP contribution is 2.22. The molecular weight excluding hydrogens is 184 g/mol. The molecule has 1 aliphatic rings. The van der Waals surface area contributed by atoms with E-state index in [4.69, 9.17) is 0 Å². The lowest BCUT2D eigenvalue weighted by atomic mass is 10.0. The topological polar surface area (TPSA) is 24.1 Å². The summed E-state index contributed by atoms with van der Waals surface area (Å²) in [5, 5.41) is 6.42. The van der Waals surface area contributed by atoms with Crippen LogP contribution in [0.2, 0.25) is 0 Å². The minimum absolute atomic E-state index is 0.894. The van der Waals surface area contributed by atoms with Crippen molar-refractivity contribution in [1.82, 2.24) is 10.6 Å². The SMILES string of the molecule is CNCNCCc1ccc2c(c1)CCC2. The minimum atomic E-state index is 0.894. The fourth-order valence-electron chi connectivity index (χ4n) is 2.23. The first-order chi connectivity index (χ1) is 7.40. The van der Waals surface area contributed by atoms with Crippen molar-refractivity contribution in [2.24, 2.45) is 0 Å². The van der Waals surface area contributed by atoms with E-state index in [2.05, 4.69) is 28.8 Å². The summed E-state index contributed by atoms with van der Waals surface area (Å²) in [4.78, 5) is 0. The molecule has 2 rings (SSSR count). The van der Waals surface area contributed by atoms with Gasteiger partial charge in [0, 0.05) is 13.2 Å². The van der Waals surface area contributed by atoms with Crippen LogP contribution in [0.4, 0.5) is 0 Å². The van der Waals surface area contributed by atoms with Gasteiger partial charge >= 0.3 is 0 Å². The lowest BCUT2D eigenvalue weighted by molar-refractivity contribution is 0.631. The molecule has 0 fully saturated rings. The number of hydrogen-bond donors (Lipinski definition) is 2. The molecule has 2 heteroatoms. The fraction of sp³-hybridized carbons (Fsp3) is 0.538. The van der Waals surface area contributed by atoms with Gasteiger partial charge in [-0.15, -0.1) is 0 Å². The molecule has 0 atom stereocenters. The van der Waals surface area contributed by atoms with Gasteiger partial charge in [0.25, 0.3) is 0 Å². The Labute approximate surface area is 92.1 Å². The van der Waals surface area contributed by atoms with Gasteiger partial charge < -0.3 is 10.6 Å². The van der Waals surface area contributed by atoms with Gasteiger partial charge in [-0.2, -0.15) is 0 Å². The van der Waals surface area contributed by atoms with Gasteiger partial charge in [-0.25, -0.2) is 0 Å². The molecule has 0 radical (unpaired) electrons. The van der Waals surface area contributed by atoms with E-state index in [1.54, 1.807) is 11.1 Å². The molecule has 0 aromatic heterocycles. The lowest BCUT2D eigenvalue weighted by Crippen LogP contribution is -2.27. The van der Waals surface area contributed by atoms with Crippen LogP contribution in [0.25, 0.3) is 0 Å². The third-order valence-electron chi connectivity index (χ3n) is 3.06. The smallest absolute Gasteiger partial charge is 0.0451 e. The van der Waals surface area contributed by atoms with E-state index >= 15 is 0 Å². The third kappa shape index (κ3) is 2.80.